The SMILES string of the molecule is CN(c1nc(NCCOCCOCCNC(=O)c2ccccc2)nc(NC2CCCCCCC2)n1)C1CCCCC1. The van der Waals surface area contributed by atoms with E-state index in [2.05, 4.69) is 27.9 Å². The summed E-state index contributed by atoms with van der Waals surface area (Å²) in [6.45, 7) is 2.96. The molecule has 1 aromatic carbocycles. The van der Waals surface area contributed by atoms with Crippen LogP contribution in [0.1, 0.15) is 87.4 Å². The number of nitrogens with one attached hydrogen (secondary N) is 3. The summed E-state index contributed by atoms with van der Waals surface area (Å²) >= 11 is 0. The lowest BCUT2D eigenvalue weighted by Gasteiger charge is -2.31. The van der Waals surface area contributed by atoms with Gasteiger partial charge in [0.05, 0.1) is 26.4 Å². The molecule has 10 nitrogen and oxygen atoms in total. The van der Waals surface area contributed by atoms with Crippen molar-refractivity contribution in [3.63, 3.8) is 0 Å². The number of benzene rings is 1. The molecule has 41 heavy (non-hydrogen) atoms. The molecule has 226 valence electrons. The number of rotatable bonds is 15. The molecular formula is C31H49N7O3. The number of carbonyl (C=O) groups is 1. The topological polar surface area (TPSA) is 114 Å². The third-order valence-electron chi connectivity index (χ3n) is 7.97. The molecule has 3 N–H and O–H groups in total. The van der Waals surface area contributed by atoms with E-state index < -0.39 is 0 Å². The first-order chi connectivity index (χ1) is 20.2. The van der Waals surface area contributed by atoms with Gasteiger partial charge in [0.2, 0.25) is 17.8 Å². The Morgan fingerprint density at radius 1 is 0.780 bits per heavy atom. The minimum atomic E-state index is -0.0917. The van der Waals surface area contributed by atoms with E-state index in [1.807, 2.05) is 18.2 Å². The molecule has 2 aromatic rings. The van der Waals surface area contributed by atoms with Gasteiger partial charge in [-0.1, -0.05) is 69.6 Å². The maximum absolute atomic E-state index is 12.0. The standard InChI is InChI=1S/C31H49N7O3/c1-38(27-17-11-6-12-18-27)31-36-29(35-30(37-31)34-26-15-9-3-2-4-10-16-26)33-20-22-41-24-23-40-21-19-32-28(39)25-13-7-5-8-14-25/h5,7-8,13-14,26-27H,2-4,6,9-12,15-24H2,1H3,(H,32,39)(H2,33,34,35,36,37). The number of amides is 1. The van der Waals surface area contributed by atoms with Crippen molar-refractivity contribution in [2.24, 2.45) is 0 Å². The number of nitrogens with zero attached hydrogens (tertiary/aromatic N) is 4. The summed E-state index contributed by atoms with van der Waals surface area (Å²) in [6, 6.07) is 10.1. The second-order valence-electron chi connectivity index (χ2n) is 11.1. The van der Waals surface area contributed by atoms with Gasteiger partial charge in [-0.2, -0.15) is 15.0 Å². The smallest absolute Gasteiger partial charge is 0.251 e. The molecule has 10 heteroatoms. The lowest BCUT2D eigenvalue weighted by molar-refractivity contribution is 0.0519. The Balaban J connectivity index is 1.19. The summed E-state index contributed by atoms with van der Waals surface area (Å²) in [7, 11) is 2.12. The highest BCUT2D eigenvalue weighted by atomic mass is 16.5. The maximum atomic E-state index is 12.0. The molecule has 1 aromatic heterocycles. The Labute approximate surface area is 245 Å². The third kappa shape index (κ3) is 11.1. The maximum Gasteiger partial charge on any atom is 0.251 e. The fourth-order valence-corrected chi connectivity index (χ4v) is 5.57. The van der Waals surface area contributed by atoms with Gasteiger partial charge in [0.1, 0.15) is 0 Å². The average Bonchev–Trinajstić information content (AvgIpc) is 2.99. The monoisotopic (exact) mass is 567 g/mol. The Bertz CT molecular complexity index is 1010. The van der Waals surface area contributed by atoms with Gasteiger partial charge in [-0.05, 0) is 37.8 Å². The van der Waals surface area contributed by atoms with Crippen LogP contribution in [0.3, 0.4) is 0 Å². The Morgan fingerprint density at radius 2 is 1.39 bits per heavy atom. The average molecular weight is 568 g/mol. The fourth-order valence-electron chi connectivity index (χ4n) is 5.57. The number of aromatic nitrogens is 3. The van der Waals surface area contributed by atoms with Gasteiger partial charge in [-0.15, -0.1) is 0 Å². The minimum absolute atomic E-state index is 0.0917. The van der Waals surface area contributed by atoms with Crippen LogP contribution in [-0.2, 0) is 9.47 Å². The molecule has 1 heterocycles. The molecule has 0 unspecified atom stereocenters. The highest BCUT2D eigenvalue weighted by Crippen LogP contribution is 2.26. The molecule has 2 aliphatic rings. The third-order valence-corrected chi connectivity index (χ3v) is 7.97. The quantitative estimate of drug-likeness (QED) is 0.255. The number of hydrogen-bond donors (Lipinski definition) is 3. The molecule has 0 spiro atoms. The van der Waals surface area contributed by atoms with E-state index in [0.717, 1.165) is 18.8 Å². The molecule has 0 radical (unpaired) electrons. The first-order valence-electron chi connectivity index (χ1n) is 15.7. The molecule has 0 bridgehead atoms. The van der Waals surface area contributed by atoms with Crippen molar-refractivity contribution >= 4 is 23.8 Å². The number of ether oxygens (including phenoxy) is 2. The second kappa shape index (κ2) is 17.7. The number of anilines is 3. The van der Waals surface area contributed by atoms with Crippen molar-refractivity contribution in [3.8, 4) is 0 Å². The highest BCUT2D eigenvalue weighted by molar-refractivity contribution is 5.94. The van der Waals surface area contributed by atoms with Crippen molar-refractivity contribution in [2.45, 2.75) is 89.1 Å². The van der Waals surface area contributed by atoms with E-state index in [-0.39, 0.29) is 5.91 Å². The normalized spacial score (nSPS) is 16.9. The molecule has 2 aliphatic carbocycles. The van der Waals surface area contributed by atoms with Crippen LogP contribution >= 0.6 is 0 Å². The summed E-state index contributed by atoms with van der Waals surface area (Å²) in [6.07, 6.45) is 15.0. The largest absolute Gasteiger partial charge is 0.377 e. The van der Waals surface area contributed by atoms with Crippen LogP contribution in [0, 0.1) is 0 Å². The first kappa shape index (κ1) is 31.0. The lowest BCUT2D eigenvalue weighted by Crippen LogP contribution is -2.35. The van der Waals surface area contributed by atoms with Crippen LogP contribution in [0.15, 0.2) is 30.3 Å². The van der Waals surface area contributed by atoms with Gasteiger partial charge in [0.25, 0.3) is 5.91 Å². The zero-order valence-corrected chi connectivity index (χ0v) is 24.8. The van der Waals surface area contributed by atoms with Crippen molar-refractivity contribution in [3.05, 3.63) is 35.9 Å². The summed E-state index contributed by atoms with van der Waals surface area (Å²) in [5, 5.41) is 9.83. The summed E-state index contributed by atoms with van der Waals surface area (Å²) in [5.41, 5.74) is 0.650. The molecule has 1 amide bonds. The Hall–Kier alpha value is -2.98. The predicted molar refractivity (Wildman–Crippen MR) is 164 cm³/mol. The van der Waals surface area contributed by atoms with Crippen molar-refractivity contribution in [1.82, 2.24) is 20.3 Å². The van der Waals surface area contributed by atoms with E-state index in [9.17, 15) is 4.79 Å². The molecule has 0 atom stereocenters. The zero-order valence-electron chi connectivity index (χ0n) is 24.8. The molecule has 2 saturated carbocycles. The summed E-state index contributed by atoms with van der Waals surface area (Å²) < 4.78 is 11.3. The molecule has 0 saturated heterocycles. The van der Waals surface area contributed by atoms with Gasteiger partial charge in [-0.25, -0.2) is 0 Å². The van der Waals surface area contributed by atoms with Gasteiger partial charge in [-0.3, -0.25) is 4.79 Å². The number of carbonyl (C=O) groups excluding carboxylic acids is 1. The van der Waals surface area contributed by atoms with Gasteiger partial charge in [0, 0.05) is 37.8 Å². The van der Waals surface area contributed by atoms with Crippen molar-refractivity contribution < 1.29 is 14.3 Å². The Kier molecular flexibility index (Phi) is 13.4. The molecule has 4 rings (SSSR count). The van der Waals surface area contributed by atoms with Gasteiger partial charge >= 0.3 is 0 Å². The van der Waals surface area contributed by atoms with Crippen LogP contribution in [0.2, 0.25) is 0 Å². The van der Waals surface area contributed by atoms with E-state index >= 15 is 0 Å². The van der Waals surface area contributed by atoms with Gasteiger partial charge in [0.15, 0.2) is 0 Å². The minimum Gasteiger partial charge on any atom is -0.377 e. The first-order valence-corrected chi connectivity index (χ1v) is 15.7. The van der Waals surface area contributed by atoms with Crippen LogP contribution in [0.4, 0.5) is 17.8 Å². The van der Waals surface area contributed by atoms with Crippen LogP contribution < -0.4 is 20.9 Å². The molecule has 0 aliphatic heterocycles. The number of hydrogen-bond acceptors (Lipinski definition) is 9. The van der Waals surface area contributed by atoms with Crippen LogP contribution in [-0.4, -0.2) is 79.5 Å². The van der Waals surface area contributed by atoms with E-state index in [4.69, 9.17) is 24.4 Å². The van der Waals surface area contributed by atoms with Crippen LogP contribution in [0.5, 0.6) is 0 Å². The predicted octanol–water partition coefficient (Wildman–Crippen LogP) is 5.04. The van der Waals surface area contributed by atoms with E-state index in [0.29, 0.717) is 69.1 Å². The van der Waals surface area contributed by atoms with Gasteiger partial charge < -0.3 is 30.3 Å². The Morgan fingerprint density at radius 3 is 2.12 bits per heavy atom. The zero-order chi connectivity index (χ0) is 28.5. The highest BCUT2D eigenvalue weighted by Gasteiger charge is 2.22. The molecular weight excluding hydrogens is 518 g/mol. The fraction of sp³-hybridized carbons (Fsp3) is 0.677. The van der Waals surface area contributed by atoms with Crippen molar-refractivity contribution in [2.75, 3.05) is 62.1 Å². The van der Waals surface area contributed by atoms with E-state index in [1.165, 1.54) is 64.2 Å². The van der Waals surface area contributed by atoms with Crippen LogP contribution in [0.25, 0.3) is 0 Å². The van der Waals surface area contributed by atoms with E-state index in [1.54, 1.807) is 12.1 Å². The summed E-state index contributed by atoms with van der Waals surface area (Å²) in [5.74, 6) is 1.89. The molecule has 2 fully saturated rings. The lowest BCUT2D eigenvalue weighted by atomic mass is 9.95. The second-order valence-corrected chi connectivity index (χ2v) is 11.1. The summed E-state index contributed by atoms with van der Waals surface area (Å²) in [4.78, 5) is 28.6. The van der Waals surface area contributed by atoms with Crippen molar-refractivity contribution in [1.29, 1.82) is 0 Å².